The summed E-state index contributed by atoms with van der Waals surface area (Å²) in [6.07, 6.45) is 5.63. The van der Waals surface area contributed by atoms with E-state index in [-0.39, 0.29) is 6.04 Å². The van der Waals surface area contributed by atoms with Crippen molar-refractivity contribution in [2.75, 3.05) is 0 Å². The van der Waals surface area contributed by atoms with Gasteiger partial charge in [-0.3, -0.25) is 4.68 Å². The van der Waals surface area contributed by atoms with Crippen LogP contribution in [0.25, 0.3) is 0 Å². The van der Waals surface area contributed by atoms with Gasteiger partial charge in [0.15, 0.2) is 0 Å². The third kappa shape index (κ3) is 0.908. The molecular weight excluding hydrogens is 162 g/mol. The van der Waals surface area contributed by atoms with Crippen LogP contribution in [0.3, 0.4) is 0 Å². The van der Waals surface area contributed by atoms with E-state index in [2.05, 4.69) is 22.8 Å². The Labute approximate surface area is 77.9 Å². The molecular formula is C10H15N3. The highest BCUT2D eigenvalue weighted by Crippen LogP contribution is 2.58. The van der Waals surface area contributed by atoms with Crippen molar-refractivity contribution >= 4 is 0 Å². The van der Waals surface area contributed by atoms with Crippen LogP contribution in [0.1, 0.15) is 44.0 Å². The molecule has 0 bridgehead atoms. The zero-order valence-corrected chi connectivity index (χ0v) is 7.90. The molecule has 1 aromatic heterocycles. The van der Waals surface area contributed by atoms with Crippen LogP contribution in [0.5, 0.6) is 0 Å². The van der Waals surface area contributed by atoms with Gasteiger partial charge in [-0.15, -0.1) is 0 Å². The molecule has 1 aromatic rings. The van der Waals surface area contributed by atoms with Gasteiger partial charge in [0.25, 0.3) is 0 Å². The van der Waals surface area contributed by atoms with Crippen LogP contribution in [0.2, 0.25) is 0 Å². The highest BCUT2D eigenvalue weighted by Gasteiger charge is 2.49. The molecule has 3 heteroatoms. The summed E-state index contributed by atoms with van der Waals surface area (Å²) in [6, 6.07) is 2.83. The molecule has 0 saturated heterocycles. The zero-order valence-electron chi connectivity index (χ0n) is 7.90. The molecule has 13 heavy (non-hydrogen) atoms. The van der Waals surface area contributed by atoms with Crippen LogP contribution < -0.4 is 5.73 Å². The van der Waals surface area contributed by atoms with Crippen LogP contribution in [0.4, 0.5) is 0 Å². The maximum Gasteiger partial charge on any atom is 0.0595 e. The molecule has 1 aliphatic heterocycles. The third-order valence-electron chi connectivity index (χ3n) is 3.70. The van der Waals surface area contributed by atoms with E-state index in [0.29, 0.717) is 11.5 Å². The van der Waals surface area contributed by atoms with Gasteiger partial charge in [-0.25, -0.2) is 0 Å². The number of hydrogen-bond donors (Lipinski definition) is 1. The first-order chi connectivity index (χ1) is 6.21. The zero-order chi connectivity index (χ0) is 9.05. The second-order valence-electron chi connectivity index (χ2n) is 4.71. The second-order valence-corrected chi connectivity index (χ2v) is 4.71. The Morgan fingerprint density at radius 1 is 1.62 bits per heavy atom. The molecule has 0 spiro atoms. The molecule has 0 radical (unpaired) electrons. The maximum atomic E-state index is 6.04. The van der Waals surface area contributed by atoms with Gasteiger partial charge in [0.2, 0.25) is 0 Å². The Kier molecular flexibility index (Phi) is 1.25. The summed E-state index contributed by atoms with van der Waals surface area (Å²) in [6.45, 7) is 2.35. The number of rotatable bonds is 1. The lowest BCUT2D eigenvalue weighted by Crippen LogP contribution is -2.15. The molecule has 70 valence electrons. The Morgan fingerprint density at radius 2 is 2.38 bits per heavy atom. The van der Waals surface area contributed by atoms with Gasteiger partial charge in [0.05, 0.1) is 11.7 Å². The highest BCUT2D eigenvalue weighted by atomic mass is 15.3. The molecule has 2 N–H and O–H groups in total. The summed E-state index contributed by atoms with van der Waals surface area (Å²) in [5, 5.41) is 4.37. The number of nitrogens with two attached hydrogens (primary N) is 1. The molecule has 0 aromatic carbocycles. The first-order valence-corrected chi connectivity index (χ1v) is 5.00. The van der Waals surface area contributed by atoms with Crippen molar-refractivity contribution < 1.29 is 0 Å². The van der Waals surface area contributed by atoms with E-state index in [1.165, 1.54) is 18.5 Å². The van der Waals surface area contributed by atoms with E-state index >= 15 is 0 Å². The van der Waals surface area contributed by atoms with Crippen molar-refractivity contribution in [1.82, 2.24) is 9.78 Å². The minimum atomic E-state index is 0.213. The predicted octanol–water partition coefficient (Wildman–Crippen LogP) is 1.63. The molecule has 1 saturated carbocycles. The van der Waals surface area contributed by atoms with Crippen LogP contribution in [-0.2, 0) is 0 Å². The smallest absolute Gasteiger partial charge is 0.0595 e. The average Bonchev–Trinajstić information content (AvgIpc) is 2.62. The summed E-state index contributed by atoms with van der Waals surface area (Å²) in [4.78, 5) is 0. The number of nitrogens with zero attached hydrogens (tertiary/aromatic N) is 2. The van der Waals surface area contributed by atoms with Gasteiger partial charge in [0.1, 0.15) is 0 Å². The van der Waals surface area contributed by atoms with Crippen LogP contribution in [0.15, 0.2) is 12.3 Å². The minimum absolute atomic E-state index is 0.213. The number of fused-ring (bicyclic) bond motifs is 1. The lowest BCUT2D eigenvalue weighted by Gasteiger charge is -2.18. The highest BCUT2D eigenvalue weighted by molar-refractivity contribution is 5.16. The fourth-order valence-electron chi connectivity index (χ4n) is 2.45. The second kappa shape index (κ2) is 2.15. The van der Waals surface area contributed by atoms with Crippen LogP contribution >= 0.6 is 0 Å². The quantitative estimate of drug-likeness (QED) is 0.708. The molecule has 0 amide bonds. The third-order valence-corrected chi connectivity index (χ3v) is 3.70. The number of hydrogen-bond acceptors (Lipinski definition) is 2. The van der Waals surface area contributed by atoms with E-state index in [0.717, 1.165) is 6.42 Å². The van der Waals surface area contributed by atoms with Crippen LogP contribution in [0, 0.1) is 5.41 Å². The monoisotopic (exact) mass is 177 g/mol. The van der Waals surface area contributed by atoms with E-state index in [1.54, 1.807) is 0 Å². The van der Waals surface area contributed by atoms with Gasteiger partial charge in [0, 0.05) is 12.2 Å². The molecule has 1 aliphatic carbocycles. The standard InChI is InChI=1S/C10H15N3/c1-10(3-4-10)9-6-7(11)8-2-5-12-13(8)9/h2,5,7,9H,3-4,6,11H2,1H3/t7-,9+/m0/s1. The largest absolute Gasteiger partial charge is 0.323 e. The average molecular weight is 177 g/mol. The summed E-state index contributed by atoms with van der Waals surface area (Å²) in [5.74, 6) is 0. The number of aromatic nitrogens is 2. The SMILES string of the molecule is CC1([C@H]2C[C@H](N)c3ccnn32)CC1. The Balaban J connectivity index is 2.02. The topological polar surface area (TPSA) is 43.8 Å². The van der Waals surface area contributed by atoms with E-state index in [9.17, 15) is 0 Å². The van der Waals surface area contributed by atoms with E-state index < -0.39 is 0 Å². The van der Waals surface area contributed by atoms with Crippen molar-refractivity contribution in [2.24, 2.45) is 11.1 Å². The van der Waals surface area contributed by atoms with Crippen molar-refractivity contribution in [3.05, 3.63) is 18.0 Å². The minimum Gasteiger partial charge on any atom is -0.323 e. The molecule has 2 heterocycles. The molecule has 0 unspecified atom stereocenters. The fraction of sp³-hybridized carbons (Fsp3) is 0.700. The first-order valence-electron chi connectivity index (χ1n) is 5.00. The van der Waals surface area contributed by atoms with Gasteiger partial charge in [-0.05, 0) is 30.7 Å². The van der Waals surface area contributed by atoms with Crippen molar-refractivity contribution in [3.8, 4) is 0 Å². The van der Waals surface area contributed by atoms with Crippen molar-refractivity contribution in [1.29, 1.82) is 0 Å². The summed E-state index contributed by atoms with van der Waals surface area (Å²) in [7, 11) is 0. The lowest BCUT2D eigenvalue weighted by atomic mass is 9.96. The Morgan fingerprint density at radius 3 is 3.08 bits per heavy atom. The van der Waals surface area contributed by atoms with E-state index in [1.807, 2.05) is 6.20 Å². The van der Waals surface area contributed by atoms with Gasteiger partial charge in [-0.2, -0.15) is 5.10 Å². The van der Waals surface area contributed by atoms with E-state index in [4.69, 9.17) is 5.73 Å². The first kappa shape index (κ1) is 7.56. The van der Waals surface area contributed by atoms with Gasteiger partial charge >= 0.3 is 0 Å². The summed E-state index contributed by atoms with van der Waals surface area (Å²) in [5.41, 5.74) is 7.76. The molecule has 2 atom stereocenters. The predicted molar refractivity (Wildman–Crippen MR) is 50.2 cm³/mol. The fourth-order valence-corrected chi connectivity index (χ4v) is 2.45. The molecule has 3 nitrogen and oxygen atoms in total. The van der Waals surface area contributed by atoms with Gasteiger partial charge < -0.3 is 5.73 Å². The Hall–Kier alpha value is -0.830. The molecule has 3 rings (SSSR count). The van der Waals surface area contributed by atoms with Crippen molar-refractivity contribution in [3.63, 3.8) is 0 Å². The summed E-state index contributed by atoms with van der Waals surface area (Å²) < 4.78 is 2.15. The van der Waals surface area contributed by atoms with Crippen molar-refractivity contribution in [2.45, 2.75) is 38.3 Å². The summed E-state index contributed by atoms with van der Waals surface area (Å²) >= 11 is 0. The molecule has 2 aliphatic rings. The Bertz CT molecular complexity index is 338. The molecule has 1 fully saturated rings. The van der Waals surface area contributed by atoms with Gasteiger partial charge in [-0.1, -0.05) is 6.92 Å². The lowest BCUT2D eigenvalue weighted by molar-refractivity contribution is 0.313. The normalized spacial score (nSPS) is 34.6. The maximum absolute atomic E-state index is 6.04. The van der Waals surface area contributed by atoms with Crippen LogP contribution in [-0.4, -0.2) is 9.78 Å².